The highest BCUT2D eigenvalue weighted by Gasteiger charge is 2.30. The molecular formula is C13H12F3N3O. The Balaban J connectivity index is 1.90. The average molecular weight is 283 g/mol. The normalized spacial score (nSPS) is 11.3. The van der Waals surface area contributed by atoms with Crippen LogP contribution in [0.3, 0.4) is 0 Å². The third-order valence-electron chi connectivity index (χ3n) is 2.56. The molecule has 1 aromatic carbocycles. The van der Waals surface area contributed by atoms with E-state index in [1.165, 1.54) is 0 Å². The number of alkyl halides is 3. The Bertz CT molecular complexity index is 562. The quantitative estimate of drug-likeness (QED) is 0.936. The van der Waals surface area contributed by atoms with Gasteiger partial charge in [0.05, 0.1) is 5.69 Å². The van der Waals surface area contributed by atoms with Crippen molar-refractivity contribution in [1.82, 2.24) is 15.1 Å². The van der Waals surface area contributed by atoms with Crippen molar-refractivity contribution in [3.63, 3.8) is 0 Å². The highest BCUT2D eigenvalue weighted by molar-refractivity contribution is 5.76. The van der Waals surface area contributed by atoms with Crippen molar-refractivity contribution in [3.05, 3.63) is 48.3 Å². The number of nitrogens with zero attached hydrogens (tertiary/aromatic N) is 2. The summed E-state index contributed by atoms with van der Waals surface area (Å²) < 4.78 is 37.6. The second-order valence-corrected chi connectivity index (χ2v) is 4.19. The zero-order chi connectivity index (χ0) is 14.6. The lowest BCUT2D eigenvalue weighted by Crippen LogP contribution is -2.28. The standard InChI is InChI=1S/C13H12F3N3O/c14-13(15,16)8-12(20)17-9-10-2-4-11(5-3-10)19-7-1-6-18-19/h1-7H,8-9H2,(H,17,20). The van der Waals surface area contributed by atoms with Gasteiger partial charge in [0.15, 0.2) is 0 Å². The molecule has 1 aromatic heterocycles. The van der Waals surface area contributed by atoms with Gasteiger partial charge in [-0.1, -0.05) is 12.1 Å². The largest absolute Gasteiger partial charge is 0.397 e. The molecule has 0 aliphatic heterocycles. The summed E-state index contributed by atoms with van der Waals surface area (Å²) in [4.78, 5) is 11.0. The Kier molecular flexibility index (Phi) is 4.07. The van der Waals surface area contributed by atoms with Crippen molar-refractivity contribution in [1.29, 1.82) is 0 Å². The minimum atomic E-state index is -4.48. The Morgan fingerprint density at radius 1 is 1.25 bits per heavy atom. The van der Waals surface area contributed by atoms with Gasteiger partial charge in [0.1, 0.15) is 6.42 Å². The molecule has 0 unspecified atom stereocenters. The van der Waals surface area contributed by atoms with E-state index in [-0.39, 0.29) is 6.54 Å². The smallest absolute Gasteiger partial charge is 0.352 e. The van der Waals surface area contributed by atoms with Crippen molar-refractivity contribution in [2.24, 2.45) is 0 Å². The number of nitrogens with one attached hydrogen (secondary N) is 1. The number of benzene rings is 1. The molecule has 0 spiro atoms. The van der Waals surface area contributed by atoms with E-state index in [0.717, 1.165) is 11.3 Å². The number of amides is 1. The number of carbonyl (C=O) groups is 1. The number of aromatic nitrogens is 2. The lowest BCUT2D eigenvalue weighted by molar-refractivity contribution is -0.153. The van der Waals surface area contributed by atoms with E-state index >= 15 is 0 Å². The first-order chi connectivity index (χ1) is 9.44. The van der Waals surface area contributed by atoms with Crippen LogP contribution in [-0.2, 0) is 11.3 Å². The summed E-state index contributed by atoms with van der Waals surface area (Å²) in [6.07, 6.45) is -2.52. The number of hydrogen-bond donors (Lipinski definition) is 1. The van der Waals surface area contributed by atoms with Gasteiger partial charge in [-0.25, -0.2) is 4.68 Å². The van der Waals surface area contributed by atoms with Crippen LogP contribution in [0, 0.1) is 0 Å². The molecule has 0 atom stereocenters. The third kappa shape index (κ3) is 4.11. The first-order valence-electron chi connectivity index (χ1n) is 5.86. The molecule has 1 N–H and O–H groups in total. The molecule has 0 fully saturated rings. The van der Waals surface area contributed by atoms with Crippen LogP contribution in [0.4, 0.5) is 13.2 Å². The fraction of sp³-hybridized carbons (Fsp3) is 0.231. The highest BCUT2D eigenvalue weighted by Crippen LogP contribution is 2.19. The van der Waals surface area contributed by atoms with E-state index in [1.54, 1.807) is 47.4 Å². The minimum absolute atomic E-state index is 0.0638. The van der Waals surface area contributed by atoms with E-state index in [2.05, 4.69) is 10.4 Å². The van der Waals surface area contributed by atoms with Crippen molar-refractivity contribution >= 4 is 5.91 Å². The molecule has 1 amide bonds. The van der Waals surface area contributed by atoms with Gasteiger partial charge in [0, 0.05) is 18.9 Å². The lowest BCUT2D eigenvalue weighted by atomic mass is 10.2. The molecule has 0 radical (unpaired) electrons. The maximum atomic E-state index is 12.0. The maximum Gasteiger partial charge on any atom is 0.397 e. The first kappa shape index (κ1) is 14.1. The third-order valence-corrected chi connectivity index (χ3v) is 2.56. The second-order valence-electron chi connectivity index (χ2n) is 4.19. The fourth-order valence-corrected chi connectivity index (χ4v) is 1.63. The summed E-state index contributed by atoms with van der Waals surface area (Å²) in [5.74, 6) is -1.03. The number of halogens is 3. The summed E-state index contributed by atoms with van der Waals surface area (Å²) in [5.41, 5.74) is 1.55. The summed E-state index contributed by atoms with van der Waals surface area (Å²) in [7, 11) is 0. The summed E-state index contributed by atoms with van der Waals surface area (Å²) in [6, 6.07) is 8.79. The molecule has 0 aliphatic rings. The molecule has 0 saturated carbocycles. The molecule has 0 saturated heterocycles. The number of rotatable bonds is 4. The lowest BCUT2D eigenvalue weighted by Gasteiger charge is -2.08. The fourth-order valence-electron chi connectivity index (χ4n) is 1.63. The van der Waals surface area contributed by atoms with Gasteiger partial charge >= 0.3 is 6.18 Å². The Hall–Kier alpha value is -2.31. The van der Waals surface area contributed by atoms with Crippen LogP contribution in [-0.4, -0.2) is 21.9 Å². The number of hydrogen-bond acceptors (Lipinski definition) is 2. The predicted molar refractivity (Wildman–Crippen MR) is 66.1 cm³/mol. The number of carbonyl (C=O) groups excluding carboxylic acids is 1. The van der Waals surface area contributed by atoms with Crippen LogP contribution in [0.25, 0.3) is 5.69 Å². The van der Waals surface area contributed by atoms with E-state index in [0.29, 0.717) is 0 Å². The van der Waals surface area contributed by atoms with Crippen molar-refractivity contribution in [3.8, 4) is 5.69 Å². The first-order valence-corrected chi connectivity index (χ1v) is 5.86. The molecule has 4 nitrogen and oxygen atoms in total. The van der Waals surface area contributed by atoms with Gasteiger partial charge in [0.25, 0.3) is 0 Å². The van der Waals surface area contributed by atoms with E-state index < -0.39 is 18.5 Å². The molecule has 0 aliphatic carbocycles. The van der Waals surface area contributed by atoms with Crippen LogP contribution in [0.15, 0.2) is 42.7 Å². The Labute approximate surface area is 113 Å². The second kappa shape index (κ2) is 5.77. The van der Waals surface area contributed by atoms with Crippen molar-refractivity contribution in [2.75, 3.05) is 0 Å². The average Bonchev–Trinajstić information content (AvgIpc) is 2.89. The topological polar surface area (TPSA) is 46.9 Å². The van der Waals surface area contributed by atoms with Gasteiger partial charge in [-0.3, -0.25) is 4.79 Å². The maximum absolute atomic E-state index is 12.0. The zero-order valence-electron chi connectivity index (χ0n) is 10.4. The van der Waals surface area contributed by atoms with Crippen LogP contribution < -0.4 is 5.32 Å². The molecule has 1 heterocycles. The Morgan fingerprint density at radius 3 is 2.50 bits per heavy atom. The van der Waals surface area contributed by atoms with Gasteiger partial charge in [-0.05, 0) is 23.8 Å². The van der Waals surface area contributed by atoms with Gasteiger partial charge in [0.2, 0.25) is 5.91 Å². The van der Waals surface area contributed by atoms with E-state index in [1.807, 2.05) is 0 Å². The van der Waals surface area contributed by atoms with Crippen LogP contribution >= 0.6 is 0 Å². The van der Waals surface area contributed by atoms with Crippen LogP contribution in [0.1, 0.15) is 12.0 Å². The van der Waals surface area contributed by atoms with Crippen LogP contribution in [0.2, 0.25) is 0 Å². The molecule has 20 heavy (non-hydrogen) atoms. The summed E-state index contributed by atoms with van der Waals surface area (Å²) >= 11 is 0. The summed E-state index contributed by atoms with van der Waals surface area (Å²) in [6.45, 7) is 0.0638. The summed E-state index contributed by atoms with van der Waals surface area (Å²) in [5, 5.41) is 6.28. The van der Waals surface area contributed by atoms with E-state index in [9.17, 15) is 18.0 Å². The molecule has 0 bridgehead atoms. The van der Waals surface area contributed by atoms with Gasteiger partial charge in [-0.2, -0.15) is 18.3 Å². The molecule has 2 aromatic rings. The molecule has 106 valence electrons. The molecular weight excluding hydrogens is 271 g/mol. The predicted octanol–water partition coefficient (Wildman–Crippen LogP) is 2.44. The van der Waals surface area contributed by atoms with Crippen molar-refractivity contribution < 1.29 is 18.0 Å². The van der Waals surface area contributed by atoms with Gasteiger partial charge in [-0.15, -0.1) is 0 Å². The SMILES string of the molecule is O=C(CC(F)(F)F)NCc1ccc(-n2cccn2)cc1. The zero-order valence-corrected chi connectivity index (χ0v) is 10.4. The van der Waals surface area contributed by atoms with Crippen LogP contribution in [0.5, 0.6) is 0 Å². The van der Waals surface area contributed by atoms with Gasteiger partial charge < -0.3 is 5.32 Å². The van der Waals surface area contributed by atoms with E-state index in [4.69, 9.17) is 0 Å². The molecule has 2 rings (SSSR count). The monoisotopic (exact) mass is 283 g/mol. The molecule has 7 heteroatoms. The highest BCUT2D eigenvalue weighted by atomic mass is 19.4. The Morgan fingerprint density at radius 2 is 1.95 bits per heavy atom. The van der Waals surface area contributed by atoms with Crippen molar-refractivity contribution in [2.45, 2.75) is 19.1 Å². The minimum Gasteiger partial charge on any atom is -0.352 e.